The number of carbonyl (C=O) groups is 1. The van der Waals surface area contributed by atoms with Gasteiger partial charge in [0.2, 0.25) is 0 Å². The van der Waals surface area contributed by atoms with Crippen LogP contribution < -0.4 is 11.1 Å². The first-order valence-corrected chi connectivity index (χ1v) is 7.92. The van der Waals surface area contributed by atoms with E-state index in [4.69, 9.17) is 5.73 Å². The molecular weight excluding hydrogens is 284 g/mol. The lowest BCUT2D eigenvalue weighted by molar-refractivity contribution is 0.0833. The van der Waals surface area contributed by atoms with Gasteiger partial charge in [0.25, 0.3) is 5.91 Å². The van der Waals surface area contributed by atoms with Gasteiger partial charge >= 0.3 is 0 Å². The number of nitrogens with one attached hydrogen (secondary N) is 1. The number of hydrogen-bond acceptors (Lipinski definition) is 5. The molecule has 3 N–H and O–H groups in total. The lowest BCUT2D eigenvalue weighted by atomic mass is 9.92. The van der Waals surface area contributed by atoms with Crippen molar-refractivity contribution in [2.45, 2.75) is 26.7 Å². The van der Waals surface area contributed by atoms with Crippen molar-refractivity contribution in [3.63, 3.8) is 0 Å². The Morgan fingerprint density at radius 2 is 2.14 bits per heavy atom. The molecule has 1 aliphatic rings. The van der Waals surface area contributed by atoms with Crippen LogP contribution in [0.2, 0.25) is 0 Å². The van der Waals surface area contributed by atoms with Crippen LogP contribution >= 0.6 is 11.3 Å². The van der Waals surface area contributed by atoms with Gasteiger partial charge < -0.3 is 16.0 Å². The summed E-state index contributed by atoms with van der Waals surface area (Å²) in [6.07, 6.45) is 2.42. The van der Waals surface area contributed by atoms with E-state index in [0.717, 1.165) is 6.54 Å². The van der Waals surface area contributed by atoms with Crippen LogP contribution in [0, 0.1) is 22.7 Å². The molecule has 114 valence electrons. The topological polar surface area (TPSA) is 82.2 Å². The summed E-state index contributed by atoms with van der Waals surface area (Å²) in [5.41, 5.74) is 6.98. The van der Waals surface area contributed by atoms with Gasteiger partial charge in [0.1, 0.15) is 21.5 Å². The molecule has 1 heterocycles. The molecule has 21 heavy (non-hydrogen) atoms. The van der Waals surface area contributed by atoms with Crippen LogP contribution in [-0.4, -0.2) is 31.4 Å². The van der Waals surface area contributed by atoms with Crippen molar-refractivity contribution in [2.75, 3.05) is 31.7 Å². The molecule has 1 amide bonds. The number of anilines is 2. The van der Waals surface area contributed by atoms with Crippen molar-refractivity contribution in [2.24, 2.45) is 11.3 Å². The van der Waals surface area contributed by atoms with Crippen LogP contribution in [-0.2, 0) is 0 Å². The third kappa shape index (κ3) is 2.84. The Morgan fingerprint density at radius 1 is 1.52 bits per heavy atom. The van der Waals surface area contributed by atoms with Crippen molar-refractivity contribution in [1.29, 1.82) is 5.26 Å². The molecule has 1 aromatic rings. The highest BCUT2D eigenvalue weighted by Crippen LogP contribution is 2.52. The average molecular weight is 306 g/mol. The standard InChI is InChI=1S/C15H22N4OS/c1-9(2)15(5-6-15)8-18-13-10(7-16)11(17)12(21-13)14(20)19(3)4/h9,18H,5-6,8,17H2,1-4H3. The summed E-state index contributed by atoms with van der Waals surface area (Å²) >= 11 is 1.28. The summed E-state index contributed by atoms with van der Waals surface area (Å²) in [6.45, 7) is 5.28. The fourth-order valence-corrected chi connectivity index (χ4v) is 3.50. The van der Waals surface area contributed by atoms with Gasteiger partial charge in [0.05, 0.1) is 5.69 Å². The number of amides is 1. The van der Waals surface area contributed by atoms with Crippen LogP contribution in [0.25, 0.3) is 0 Å². The molecule has 1 aromatic heterocycles. The minimum Gasteiger partial charge on any atom is -0.396 e. The van der Waals surface area contributed by atoms with E-state index in [1.165, 1.54) is 29.1 Å². The predicted molar refractivity (Wildman–Crippen MR) is 86.5 cm³/mol. The van der Waals surface area contributed by atoms with E-state index in [-0.39, 0.29) is 11.6 Å². The lowest BCUT2D eigenvalue weighted by Crippen LogP contribution is -2.21. The quantitative estimate of drug-likeness (QED) is 0.876. The highest BCUT2D eigenvalue weighted by atomic mass is 32.1. The molecular formula is C15H22N4OS. The van der Waals surface area contributed by atoms with E-state index in [1.807, 2.05) is 0 Å². The van der Waals surface area contributed by atoms with Gasteiger partial charge in [-0.2, -0.15) is 5.26 Å². The lowest BCUT2D eigenvalue weighted by Gasteiger charge is -2.20. The van der Waals surface area contributed by atoms with Crippen LogP contribution in [0.5, 0.6) is 0 Å². The van der Waals surface area contributed by atoms with Gasteiger partial charge in [-0.25, -0.2) is 0 Å². The average Bonchev–Trinajstić information content (AvgIpc) is 3.15. The largest absolute Gasteiger partial charge is 0.396 e. The van der Waals surface area contributed by atoms with Gasteiger partial charge in [-0.15, -0.1) is 11.3 Å². The van der Waals surface area contributed by atoms with E-state index in [1.54, 1.807) is 14.1 Å². The molecule has 5 nitrogen and oxygen atoms in total. The van der Waals surface area contributed by atoms with Crippen LogP contribution in [0.4, 0.5) is 10.7 Å². The summed E-state index contributed by atoms with van der Waals surface area (Å²) in [6, 6.07) is 2.12. The molecule has 0 radical (unpaired) electrons. The molecule has 0 aliphatic heterocycles. The Morgan fingerprint density at radius 3 is 2.57 bits per heavy atom. The highest BCUT2D eigenvalue weighted by molar-refractivity contribution is 7.18. The first-order valence-electron chi connectivity index (χ1n) is 7.10. The number of nitriles is 1. The van der Waals surface area contributed by atoms with Gasteiger partial charge in [-0.1, -0.05) is 13.8 Å². The summed E-state index contributed by atoms with van der Waals surface area (Å²) in [4.78, 5) is 14.0. The predicted octanol–water partition coefficient (Wildman–Crippen LogP) is 2.75. The van der Waals surface area contributed by atoms with Gasteiger partial charge in [0, 0.05) is 20.6 Å². The molecule has 1 fully saturated rings. The molecule has 0 saturated heterocycles. The minimum atomic E-state index is -0.160. The van der Waals surface area contributed by atoms with Crippen molar-refractivity contribution in [3.05, 3.63) is 10.4 Å². The van der Waals surface area contributed by atoms with Gasteiger partial charge in [0.15, 0.2) is 0 Å². The molecule has 0 spiro atoms. The zero-order chi connectivity index (χ0) is 15.8. The zero-order valence-corrected chi connectivity index (χ0v) is 13.8. The number of nitrogen functional groups attached to an aromatic ring is 1. The zero-order valence-electron chi connectivity index (χ0n) is 13.0. The van der Waals surface area contributed by atoms with Crippen LogP contribution in [0.3, 0.4) is 0 Å². The van der Waals surface area contributed by atoms with Gasteiger partial charge in [-0.05, 0) is 24.2 Å². The Bertz CT molecular complexity index is 594. The Kier molecular flexibility index (Phi) is 4.15. The molecule has 0 unspecified atom stereocenters. The second kappa shape index (κ2) is 5.57. The molecule has 0 bridgehead atoms. The van der Waals surface area contributed by atoms with Crippen LogP contribution in [0.1, 0.15) is 41.9 Å². The maximum absolute atomic E-state index is 12.1. The fourth-order valence-electron chi connectivity index (χ4n) is 2.42. The van der Waals surface area contributed by atoms with E-state index in [9.17, 15) is 10.1 Å². The maximum atomic E-state index is 12.1. The molecule has 1 saturated carbocycles. The molecule has 0 aromatic carbocycles. The highest BCUT2D eigenvalue weighted by Gasteiger charge is 2.45. The summed E-state index contributed by atoms with van der Waals surface area (Å²) in [5, 5.41) is 13.4. The van der Waals surface area contributed by atoms with Crippen molar-refractivity contribution >= 4 is 27.9 Å². The number of rotatable bonds is 5. The normalized spacial score (nSPS) is 15.6. The van der Waals surface area contributed by atoms with Crippen LogP contribution in [0.15, 0.2) is 0 Å². The number of nitrogens with zero attached hydrogens (tertiary/aromatic N) is 2. The minimum absolute atomic E-state index is 0.160. The first kappa shape index (κ1) is 15.6. The fraction of sp³-hybridized carbons (Fsp3) is 0.600. The summed E-state index contributed by atoms with van der Waals surface area (Å²) in [5.74, 6) is 0.447. The second-order valence-electron chi connectivity index (χ2n) is 6.23. The molecule has 2 rings (SSSR count). The van der Waals surface area contributed by atoms with E-state index in [0.29, 0.717) is 26.8 Å². The van der Waals surface area contributed by atoms with E-state index in [2.05, 4.69) is 25.2 Å². The van der Waals surface area contributed by atoms with E-state index < -0.39 is 0 Å². The number of thiophene rings is 1. The number of nitrogens with two attached hydrogens (primary N) is 1. The van der Waals surface area contributed by atoms with Gasteiger partial charge in [-0.3, -0.25) is 4.79 Å². The number of carbonyl (C=O) groups excluding carboxylic acids is 1. The summed E-state index contributed by atoms with van der Waals surface area (Å²) in [7, 11) is 3.36. The smallest absolute Gasteiger partial charge is 0.265 e. The Labute approximate surface area is 129 Å². The van der Waals surface area contributed by atoms with E-state index >= 15 is 0 Å². The monoisotopic (exact) mass is 306 g/mol. The van der Waals surface area contributed by atoms with Crippen molar-refractivity contribution in [1.82, 2.24) is 4.90 Å². The summed E-state index contributed by atoms with van der Waals surface area (Å²) < 4.78 is 0. The molecule has 6 heteroatoms. The van der Waals surface area contributed by atoms with Crippen molar-refractivity contribution < 1.29 is 4.79 Å². The maximum Gasteiger partial charge on any atom is 0.265 e. The number of hydrogen-bond donors (Lipinski definition) is 2. The third-order valence-electron chi connectivity index (χ3n) is 4.38. The molecule has 0 atom stereocenters. The van der Waals surface area contributed by atoms with Crippen molar-refractivity contribution in [3.8, 4) is 6.07 Å². The molecule has 1 aliphatic carbocycles. The second-order valence-corrected chi connectivity index (χ2v) is 7.25. The Hall–Kier alpha value is -1.74. The third-order valence-corrected chi connectivity index (χ3v) is 5.53. The Balaban J connectivity index is 2.22. The SMILES string of the molecule is CC(C)C1(CNc2sc(C(=O)N(C)C)c(N)c2C#N)CC1. The first-order chi connectivity index (χ1) is 9.82.